The van der Waals surface area contributed by atoms with Crippen LogP contribution in [-0.4, -0.2) is 96.1 Å². The Morgan fingerprint density at radius 1 is 0.403 bits per heavy atom. The molecule has 12 nitrogen and oxygen atoms in total. The van der Waals surface area contributed by atoms with Gasteiger partial charge in [0, 0.05) is 79.7 Å². The lowest BCUT2D eigenvalue weighted by Gasteiger charge is -2.18. The van der Waals surface area contributed by atoms with Gasteiger partial charge < -0.3 is 31.1 Å². The average molecular weight is 897 g/mol. The topological polar surface area (TPSA) is 157 Å². The normalized spacial score (nSPS) is 26.8. The van der Waals surface area contributed by atoms with Gasteiger partial charge in [-0.1, -0.05) is 121 Å². The fourth-order valence-electron chi connectivity index (χ4n) is 10.4. The average Bonchev–Trinajstić information content (AvgIpc) is 4.34. The number of nitrogens with zero attached hydrogens (tertiary/aromatic N) is 2. The number of likely N-dealkylation sites (tertiary alicyclic amines) is 2. The van der Waals surface area contributed by atoms with E-state index in [4.69, 9.17) is 0 Å². The molecule has 5 fully saturated rings. The summed E-state index contributed by atoms with van der Waals surface area (Å²) in [6.07, 6.45) is 3.08. The van der Waals surface area contributed by atoms with E-state index in [1.807, 2.05) is 84.9 Å². The second kappa shape index (κ2) is 19.0. The lowest BCUT2D eigenvalue weighted by molar-refractivity contribution is -0.133. The van der Waals surface area contributed by atoms with Crippen molar-refractivity contribution in [1.29, 1.82) is 0 Å². The van der Waals surface area contributed by atoms with Gasteiger partial charge in [0.1, 0.15) is 0 Å². The van der Waals surface area contributed by atoms with Crippen molar-refractivity contribution in [3.63, 3.8) is 0 Å². The Hall–Kier alpha value is -7.08. The van der Waals surface area contributed by atoms with Crippen LogP contribution in [0.5, 0.6) is 0 Å². The summed E-state index contributed by atoms with van der Waals surface area (Å²) >= 11 is 0. The molecule has 0 unspecified atom stereocenters. The zero-order valence-corrected chi connectivity index (χ0v) is 37.3. The van der Waals surface area contributed by atoms with Gasteiger partial charge in [-0.15, -0.1) is 0 Å². The SMILES string of the molecule is O=C(NCCc1ccccc1)[C@@H]1CN(C(=O)c2ccc(C(=O)N3C[C@@H](C(=O)N[C@@H]4C[C@H]4c4ccccc4)[C@H](C(=O)N[C@@H]4C[C@H]4c4ccccc4)C3)cc2)C[C@H]1C(=O)N[C@@H]1C[C@H]1c1ccccc1. The van der Waals surface area contributed by atoms with Gasteiger partial charge in [0.2, 0.25) is 23.6 Å². The monoisotopic (exact) mass is 896 g/mol. The summed E-state index contributed by atoms with van der Waals surface area (Å²) in [6.45, 7) is 0.706. The number of rotatable bonds is 15. The molecule has 5 aromatic carbocycles. The Kier molecular flexibility index (Phi) is 12.4. The molecule has 5 aliphatic rings. The van der Waals surface area contributed by atoms with Gasteiger partial charge in [0.25, 0.3) is 11.8 Å². The Morgan fingerprint density at radius 2 is 0.716 bits per heavy atom. The first kappa shape index (κ1) is 43.8. The van der Waals surface area contributed by atoms with Crippen molar-refractivity contribution >= 4 is 35.4 Å². The fraction of sp³-hybridized carbons (Fsp3) is 0.345. The van der Waals surface area contributed by atoms with Gasteiger partial charge in [-0.3, -0.25) is 28.8 Å². The lowest BCUT2D eigenvalue weighted by atomic mass is 9.94. The Balaban J connectivity index is 0.798. The van der Waals surface area contributed by atoms with E-state index < -0.39 is 23.7 Å². The minimum atomic E-state index is -0.742. The second-order valence-corrected chi connectivity index (χ2v) is 19.1. The third-order valence-corrected chi connectivity index (χ3v) is 14.5. The molecule has 0 bridgehead atoms. The van der Waals surface area contributed by atoms with Crippen molar-refractivity contribution in [2.75, 3.05) is 32.7 Å². The van der Waals surface area contributed by atoms with Gasteiger partial charge in [0.15, 0.2) is 0 Å². The predicted octanol–water partition coefficient (Wildman–Crippen LogP) is 5.44. The first-order valence-electron chi connectivity index (χ1n) is 23.7. The number of amides is 6. The summed E-state index contributed by atoms with van der Waals surface area (Å²) in [7, 11) is 0. The number of hydrogen-bond donors (Lipinski definition) is 4. The molecule has 10 rings (SSSR count). The van der Waals surface area contributed by atoms with E-state index in [0.717, 1.165) is 41.5 Å². The van der Waals surface area contributed by atoms with Crippen LogP contribution >= 0.6 is 0 Å². The van der Waals surface area contributed by atoms with E-state index in [1.54, 1.807) is 34.1 Å². The van der Waals surface area contributed by atoms with E-state index in [1.165, 1.54) is 0 Å². The summed E-state index contributed by atoms with van der Waals surface area (Å²) in [5, 5.41) is 12.6. The van der Waals surface area contributed by atoms with Crippen molar-refractivity contribution in [2.24, 2.45) is 23.7 Å². The maximum atomic E-state index is 14.2. The molecule has 2 heterocycles. The van der Waals surface area contributed by atoms with Crippen LogP contribution in [0.2, 0.25) is 0 Å². The van der Waals surface area contributed by atoms with E-state index in [2.05, 4.69) is 57.7 Å². The third-order valence-electron chi connectivity index (χ3n) is 14.5. The molecular weight excluding hydrogens is 841 g/mol. The van der Waals surface area contributed by atoms with Gasteiger partial charge in [-0.2, -0.15) is 0 Å². The summed E-state index contributed by atoms with van der Waals surface area (Å²) in [5.74, 6) is -3.98. The minimum absolute atomic E-state index is 0.0332. The summed E-state index contributed by atoms with van der Waals surface area (Å²) in [5.41, 5.74) is 5.20. The maximum Gasteiger partial charge on any atom is 0.253 e. The molecule has 12 heteroatoms. The molecule has 10 atom stereocenters. The highest BCUT2D eigenvalue weighted by Gasteiger charge is 2.50. The molecule has 3 aliphatic carbocycles. The molecule has 6 amide bonds. The van der Waals surface area contributed by atoms with Crippen LogP contribution in [-0.2, 0) is 25.6 Å². The molecule has 3 saturated carbocycles. The summed E-state index contributed by atoms with van der Waals surface area (Å²) in [6, 6.07) is 46.2. The molecule has 5 aromatic rings. The minimum Gasteiger partial charge on any atom is -0.355 e. The molecule has 2 aliphatic heterocycles. The zero-order valence-electron chi connectivity index (χ0n) is 37.3. The van der Waals surface area contributed by atoms with Crippen LogP contribution in [0.4, 0.5) is 0 Å². The smallest absolute Gasteiger partial charge is 0.253 e. The van der Waals surface area contributed by atoms with E-state index in [0.29, 0.717) is 24.1 Å². The highest BCUT2D eigenvalue weighted by atomic mass is 16.2. The number of nitrogens with one attached hydrogen (secondary N) is 4. The van der Waals surface area contributed by atoms with Gasteiger partial charge in [-0.25, -0.2) is 0 Å². The largest absolute Gasteiger partial charge is 0.355 e. The number of hydrogen-bond acceptors (Lipinski definition) is 6. The summed E-state index contributed by atoms with van der Waals surface area (Å²) < 4.78 is 0. The highest BCUT2D eigenvalue weighted by molar-refractivity contribution is 6.00. The molecular formula is C55H56N6O6. The van der Waals surface area contributed by atoms with Crippen molar-refractivity contribution in [2.45, 2.75) is 61.6 Å². The first-order valence-corrected chi connectivity index (χ1v) is 23.7. The molecule has 0 aromatic heterocycles. The molecule has 4 N–H and O–H groups in total. The van der Waals surface area contributed by atoms with E-state index in [9.17, 15) is 28.8 Å². The zero-order chi connectivity index (χ0) is 46.0. The van der Waals surface area contributed by atoms with Crippen molar-refractivity contribution in [3.05, 3.63) is 179 Å². The van der Waals surface area contributed by atoms with Crippen molar-refractivity contribution in [3.8, 4) is 0 Å². The number of carbonyl (C=O) groups is 6. The van der Waals surface area contributed by atoms with Crippen LogP contribution in [0.1, 0.15) is 80.0 Å². The van der Waals surface area contributed by atoms with Crippen LogP contribution in [0.25, 0.3) is 0 Å². The first-order chi connectivity index (χ1) is 32.7. The quantitative estimate of drug-likeness (QED) is 0.110. The Morgan fingerprint density at radius 3 is 1.06 bits per heavy atom. The predicted molar refractivity (Wildman–Crippen MR) is 253 cm³/mol. The Labute approximate surface area is 390 Å². The van der Waals surface area contributed by atoms with Crippen molar-refractivity contribution in [1.82, 2.24) is 31.1 Å². The molecule has 0 spiro atoms. The maximum absolute atomic E-state index is 14.2. The second-order valence-electron chi connectivity index (χ2n) is 19.1. The van der Waals surface area contributed by atoms with E-state index >= 15 is 0 Å². The third kappa shape index (κ3) is 9.89. The van der Waals surface area contributed by atoms with Crippen LogP contribution in [0, 0.1) is 23.7 Å². The summed E-state index contributed by atoms with van der Waals surface area (Å²) in [4.78, 5) is 87.0. The number of benzene rings is 5. The van der Waals surface area contributed by atoms with Crippen LogP contribution in [0.15, 0.2) is 146 Å². The number of carbonyl (C=O) groups excluding carboxylic acids is 6. The molecule has 0 radical (unpaired) electrons. The lowest BCUT2D eigenvalue weighted by Crippen LogP contribution is -2.43. The van der Waals surface area contributed by atoms with Gasteiger partial charge in [0.05, 0.1) is 23.7 Å². The van der Waals surface area contributed by atoms with Gasteiger partial charge in [-0.05, 0) is 72.2 Å². The fourth-order valence-corrected chi connectivity index (χ4v) is 10.4. The Bertz CT molecular complexity index is 2540. The van der Waals surface area contributed by atoms with Gasteiger partial charge >= 0.3 is 0 Å². The van der Waals surface area contributed by atoms with Crippen LogP contribution in [0.3, 0.4) is 0 Å². The molecule has 342 valence electrons. The van der Waals surface area contributed by atoms with E-state index in [-0.39, 0.29) is 97.5 Å². The molecule has 67 heavy (non-hydrogen) atoms. The highest BCUT2D eigenvalue weighted by Crippen LogP contribution is 2.43. The molecule has 2 saturated heterocycles. The van der Waals surface area contributed by atoms with Crippen molar-refractivity contribution < 1.29 is 28.8 Å². The van der Waals surface area contributed by atoms with Crippen LogP contribution < -0.4 is 21.3 Å². The standard InChI is InChI=1S/C55H56N6O6/c62-50(56-26-25-34-13-5-1-6-14-34)43-30-60(31-44(43)51(63)57-47-27-40(47)35-15-7-2-8-16-35)54(66)38-21-23-39(24-22-38)55(67)61-32-45(52(64)58-48-28-41(48)36-17-9-3-10-18-36)46(33-61)53(65)59-49-29-42(49)37-19-11-4-12-20-37/h1-24,40-49H,25-33H2,(H,56,62)(H,57,63)(H,58,64)(H,59,65)/t40-,41-,42-,43+,44+,45+,46+,47+,48+,49+/m0/s1.